The SMILES string of the molecule is CC(=O)N1Cc2cc(S)ccc2C1C(=O)Nc1ccc(C(CC(=O)O)(C(F)(F)F)C(F)(F)F)cc1. The van der Waals surface area contributed by atoms with E-state index in [2.05, 4.69) is 17.9 Å². The molecule has 6 nitrogen and oxygen atoms in total. The number of fused-ring (bicyclic) bond motifs is 1. The number of anilines is 1. The summed E-state index contributed by atoms with van der Waals surface area (Å²) in [4.78, 5) is 37.8. The average Bonchev–Trinajstić information content (AvgIpc) is 3.09. The third kappa shape index (κ3) is 4.81. The predicted molar refractivity (Wildman–Crippen MR) is 114 cm³/mol. The van der Waals surface area contributed by atoms with Crippen LogP contribution in [0.3, 0.4) is 0 Å². The summed E-state index contributed by atoms with van der Waals surface area (Å²) in [7, 11) is 0. The zero-order valence-corrected chi connectivity index (χ0v) is 18.8. The summed E-state index contributed by atoms with van der Waals surface area (Å²) >= 11 is 4.22. The summed E-state index contributed by atoms with van der Waals surface area (Å²) in [5, 5.41) is 11.2. The van der Waals surface area contributed by atoms with Crippen LogP contribution in [0.4, 0.5) is 32.0 Å². The molecule has 0 saturated heterocycles. The van der Waals surface area contributed by atoms with Gasteiger partial charge in [0.25, 0.3) is 5.91 Å². The summed E-state index contributed by atoms with van der Waals surface area (Å²) < 4.78 is 81.7. The zero-order chi connectivity index (χ0) is 26.3. The molecule has 2 amide bonds. The van der Waals surface area contributed by atoms with Crippen LogP contribution in [-0.4, -0.2) is 40.1 Å². The molecule has 3 rings (SSSR count). The van der Waals surface area contributed by atoms with Crippen molar-refractivity contribution in [2.75, 3.05) is 5.32 Å². The first kappa shape index (κ1) is 26.4. The van der Waals surface area contributed by atoms with Crippen molar-refractivity contribution in [3.63, 3.8) is 0 Å². The number of nitrogens with one attached hydrogen (secondary N) is 1. The van der Waals surface area contributed by atoms with Gasteiger partial charge in [0.05, 0.1) is 6.42 Å². The molecule has 2 aromatic rings. The number of hydrogen-bond acceptors (Lipinski definition) is 4. The van der Waals surface area contributed by atoms with Gasteiger partial charge in [-0.25, -0.2) is 0 Å². The van der Waals surface area contributed by atoms with Crippen molar-refractivity contribution < 1.29 is 45.8 Å². The fraction of sp³-hybridized carbons (Fsp3) is 0.318. The molecule has 1 unspecified atom stereocenters. The Morgan fingerprint density at radius 2 is 1.60 bits per heavy atom. The van der Waals surface area contributed by atoms with E-state index in [0.717, 1.165) is 12.1 Å². The van der Waals surface area contributed by atoms with Crippen molar-refractivity contribution in [2.24, 2.45) is 0 Å². The highest BCUT2D eigenvalue weighted by atomic mass is 32.1. The summed E-state index contributed by atoms with van der Waals surface area (Å²) in [5.41, 5.74) is -4.96. The number of amides is 2. The highest BCUT2D eigenvalue weighted by molar-refractivity contribution is 7.80. The van der Waals surface area contributed by atoms with Crippen molar-refractivity contribution in [2.45, 2.75) is 48.6 Å². The predicted octanol–water partition coefficient (Wildman–Crippen LogP) is 4.85. The minimum absolute atomic E-state index is 0.116. The number of carboxylic acid groups (broad SMARTS) is 1. The van der Waals surface area contributed by atoms with Gasteiger partial charge in [-0.1, -0.05) is 18.2 Å². The van der Waals surface area contributed by atoms with Gasteiger partial charge in [-0.2, -0.15) is 26.3 Å². The first-order valence-corrected chi connectivity index (χ1v) is 10.4. The second-order valence-electron chi connectivity index (χ2n) is 7.97. The number of benzene rings is 2. The Hall–Kier alpha value is -3.22. The molecule has 1 heterocycles. The molecule has 2 aromatic carbocycles. The lowest BCUT2D eigenvalue weighted by molar-refractivity contribution is -0.304. The number of thiol groups is 1. The molecular weight excluding hydrogens is 502 g/mol. The third-order valence-corrected chi connectivity index (χ3v) is 6.03. The number of rotatable bonds is 5. The molecule has 0 aromatic heterocycles. The van der Waals surface area contributed by atoms with Gasteiger partial charge in [0.2, 0.25) is 5.91 Å². The summed E-state index contributed by atoms with van der Waals surface area (Å²) in [6.45, 7) is 1.36. The number of carbonyl (C=O) groups is 3. The lowest BCUT2D eigenvalue weighted by atomic mass is 9.76. The first-order valence-electron chi connectivity index (χ1n) is 9.94. The number of alkyl halides is 6. The van der Waals surface area contributed by atoms with E-state index in [1.54, 1.807) is 18.2 Å². The number of hydrogen-bond donors (Lipinski definition) is 3. The van der Waals surface area contributed by atoms with Gasteiger partial charge in [-0.15, -0.1) is 12.6 Å². The smallest absolute Gasteiger partial charge is 0.407 e. The van der Waals surface area contributed by atoms with Crippen LogP contribution in [0, 0.1) is 0 Å². The van der Waals surface area contributed by atoms with E-state index in [9.17, 15) is 40.7 Å². The van der Waals surface area contributed by atoms with Gasteiger partial charge in [0.15, 0.2) is 5.41 Å². The van der Waals surface area contributed by atoms with Gasteiger partial charge in [0.1, 0.15) is 6.04 Å². The maximum absolute atomic E-state index is 13.6. The molecule has 1 aliphatic heterocycles. The largest absolute Gasteiger partial charge is 0.481 e. The van der Waals surface area contributed by atoms with Crippen LogP contribution >= 0.6 is 12.6 Å². The van der Waals surface area contributed by atoms with Gasteiger partial charge < -0.3 is 15.3 Å². The van der Waals surface area contributed by atoms with Crippen molar-refractivity contribution in [1.29, 1.82) is 0 Å². The number of carboxylic acids is 1. The molecule has 0 saturated carbocycles. The number of aliphatic carboxylic acids is 1. The highest BCUT2D eigenvalue weighted by Gasteiger charge is 2.72. The molecule has 35 heavy (non-hydrogen) atoms. The van der Waals surface area contributed by atoms with Crippen LogP contribution in [0.5, 0.6) is 0 Å². The van der Waals surface area contributed by atoms with Gasteiger partial charge in [-0.05, 0) is 41.0 Å². The number of carbonyl (C=O) groups excluding carboxylic acids is 2. The van der Waals surface area contributed by atoms with E-state index in [1.165, 1.54) is 11.8 Å². The third-order valence-electron chi connectivity index (χ3n) is 5.76. The molecule has 188 valence electrons. The topological polar surface area (TPSA) is 86.7 Å². The Labute approximate surface area is 200 Å². The lowest BCUT2D eigenvalue weighted by Crippen LogP contribution is -2.55. The van der Waals surface area contributed by atoms with E-state index in [-0.39, 0.29) is 12.2 Å². The van der Waals surface area contributed by atoms with E-state index in [0.29, 0.717) is 28.2 Å². The Balaban J connectivity index is 1.95. The highest BCUT2D eigenvalue weighted by Crippen LogP contribution is 2.54. The van der Waals surface area contributed by atoms with Crippen molar-refractivity contribution in [3.8, 4) is 0 Å². The first-order chi connectivity index (χ1) is 16.1. The van der Waals surface area contributed by atoms with Crippen LogP contribution in [0.15, 0.2) is 47.4 Å². The van der Waals surface area contributed by atoms with Crippen molar-refractivity contribution in [1.82, 2.24) is 4.90 Å². The Kier molecular flexibility index (Phi) is 6.86. The van der Waals surface area contributed by atoms with Crippen LogP contribution in [-0.2, 0) is 26.3 Å². The standard InChI is InChI=1S/C22H18F6N2O4S/c1-11(31)30-10-12-8-15(35)6-7-16(12)18(30)19(34)29-14-4-2-13(3-5-14)20(9-17(32)33,21(23,24)25)22(26,27)28/h2-8,18,35H,9-10H2,1H3,(H,29,34)(H,32,33). The van der Waals surface area contributed by atoms with Crippen molar-refractivity contribution >= 4 is 36.1 Å². The lowest BCUT2D eigenvalue weighted by Gasteiger charge is -2.36. The fourth-order valence-electron chi connectivity index (χ4n) is 4.08. The maximum atomic E-state index is 13.6. The molecule has 0 fully saturated rings. The van der Waals surface area contributed by atoms with Crippen LogP contribution in [0.25, 0.3) is 0 Å². The fourth-order valence-corrected chi connectivity index (χ4v) is 4.31. The van der Waals surface area contributed by atoms with E-state index < -0.39 is 53.6 Å². The number of nitrogens with zero attached hydrogens (tertiary/aromatic N) is 1. The normalized spacial score (nSPS) is 16.1. The molecule has 13 heteroatoms. The van der Waals surface area contributed by atoms with Crippen LogP contribution < -0.4 is 5.32 Å². The second kappa shape index (κ2) is 9.10. The minimum atomic E-state index is -5.96. The Morgan fingerprint density at radius 1 is 1.03 bits per heavy atom. The molecule has 0 spiro atoms. The monoisotopic (exact) mass is 520 g/mol. The van der Waals surface area contributed by atoms with E-state index in [4.69, 9.17) is 5.11 Å². The molecule has 0 aliphatic carbocycles. The number of halogens is 6. The minimum Gasteiger partial charge on any atom is -0.481 e. The summed E-state index contributed by atoms with van der Waals surface area (Å²) in [6, 6.07) is 6.37. The maximum Gasteiger partial charge on any atom is 0.407 e. The second-order valence-corrected chi connectivity index (χ2v) is 8.49. The zero-order valence-electron chi connectivity index (χ0n) is 17.9. The molecule has 0 bridgehead atoms. The molecule has 1 aliphatic rings. The molecule has 2 N–H and O–H groups in total. The van der Waals surface area contributed by atoms with E-state index in [1.807, 2.05) is 0 Å². The van der Waals surface area contributed by atoms with Gasteiger partial charge in [-0.3, -0.25) is 14.4 Å². The van der Waals surface area contributed by atoms with Gasteiger partial charge >= 0.3 is 18.3 Å². The van der Waals surface area contributed by atoms with Crippen molar-refractivity contribution in [3.05, 3.63) is 59.2 Å². The summed E-state index contributed by atoms with van der Waals surface area (Å²) in [6.07, 6.45) is -14.2. The molecular formula is C22H18F6N2O4S. The quantitative estimate of drug-likeness (QED) is 0.389. The van der Waals surface area contributed by atoms with Crippen LogP contribution in [0.2, 0.25) is 0 Å². The summed E-state index contributed by atoms with van der Waals surface area (Å²) in [5.74, 6) is -3.45. The molecule has 1 atom stereocenters. The van der Waals surface area contributed by atoms with Gasteiger partial charge in [0, 0.05) is 24.1 Å². The van der Waals surface area contributed by atoms with Crippen LogP contribution in [0.1, 0.15) is 36.1 Å². The van der Waals surface area contributed by atoms with E-state index >= 15 is 0 Å². The Morgan fingerprint density at radius 3 is 2.09 bits per heavy atom. The Bertz CT molecular complexity index is 1150. The molecule has 0 radical (unpaired) electrons. The average molecular weight is 520 g/mol.